The number of aliphatic hydroxyl groups is 2. The van der Waals surface area contributed by atoms with Crippen LogP contribution in [-0.2, 0) is 4.74 Å². The van der Waals surface area contributed by atoms with E-state index in [1.165, 1.54) is 17.2 Å². The molecule has 0 amide bonds. The molecule has 3 N–H and O–H groups in total. The van der Waals surface area contributed by atoms with Crippen molar-refractivity contribution in [3.63, 3.8) is 0 Å². The summed E-state index contributed by atoms with van der Waals surface area (Å²) in [5, 5.41) is 19.3. The quantitative estimate of drug-likeness (QED) is 0.485. The molecule has 3 rings (SSSR count). The lowest BCUT2D eigenvalue weighted by Crippen LogP contribution is -2.20. The van der Waals surface area contributed by atoms with E-state index in [0.717, 1.165) is 0 Å². The van der Waals surface area contributed by atoms with Gasteiger partial charge in [0, 0.05) is 20.5 Å². The molecule has 0 aliphatic carbocycles. The fourth-order valence-electron chi connectivity index (χ4n) is 2.43. The van der Waals surface area contributed by atoms with Gasteiger partial charge in [-0.1, -0.05) is 0 Å². The molecule has 0 unspecified atom stereocenters. The van der Waals surface area contributed by atoms with Crippen molar-refractivity contribution in [1.82, 2.24) is 24.4 Å². The van der Waals surface area contributed by atoms with Crippen LogP contribution in [0, 0.1) is 0 Å². The van der Waals surface area contributed by atoms with Crippen LogP contribution in [0.3, 0.4) is 0 Å². The number of nitrogens with one attached hydrogen (secondary N) is 1. The van der Waals surface area contributed by atoms with E-state index >= 15 is 0 Å². The van der Waals surface area contributed by atoms with Crippen LogP contribution in [-0.4, -0.2) is 73.9 Å². The second kappa shape index (κ2) is 6.07. The van der Waals surface area contributed by atoms with E-state index in [1.54, 1.807) is 19.0 Å². The maximum Gasteiger partial charge on any atom is 0.280 e. The second-order valence-electron chi connectivity index (χ2n) is 5.56. The van der Waals surface area contributed by atoms with E-state index in [4.69, 9.17) is 9.84 Å². The summed E-state index contributed by atoms with van der Waals surface area (Å²) in [6.45, 7) is -0.188. The molecule has 0 spiro atoms. The number of imidazole rings is 1. The minimum Gasteiger partial charge on any atom is -0.394 e. The van der Waals surface area contributed by atoms with Gasteiger partial charge in [-0.3, -0.25) is 14.3 Å². The molecule has 0 aromatic carbocycles. The van der Waals surface area contributed by atoms with E-state index in [2.05, 4.69) is 19.9 Å². The molecule has 1 aliphatic heterocycles. The number of fused-ring (bicyclic) bond motifs is 1. The largest absolute Gasteiger partial charge is 0.394 e. The van der Waals surface area contributed by atoms with Crippen molar-refractivity contribution < 1.29 is 14.9 Å². The molecule has 3 atom stereocenters. The summed E-state index contributed by atoms with van der Waals surface area (Å²) in [5.74, 6) is 0.129. The Morgan fingerprint density at radius 2 is 2.39 bits per heavy atom. The molecular weight excluding hydrogens is 304 g/mol. The van der Waals surface area contributed by atoms with E-state index in [-0.39, 0.29) is 23.7 Å². The standard InChI is InChI=1S/C13H18N6O4/c1-18(2)5-15-13-16-10-9(11(22)17-13)14-6-19(10)12-8(21)3-7(4-20)23-12/h5-8,12,20-21H,3-4H2,1-2H3,(H,16,17,22)/t7-,8+,12+/m0/s1. The van der Waals surface area contributed by atoms with Crippen LogP contribution in [0.5, 0.6) is 0 Å². The SMILES string of the molecule is CN(C)C=Nc1nc2c(ncn2[C@@H]2O[C@H](CO)C[C@H]2O)c(=O)[nH]1. The van der Waals surface area contributed by atoms with Gasteiger partial charge in [0.2, 0.25) is 5.95 Å². The lowest BCUT2D eigenvalue weighted by Gasteiger charge is -2.16. The summed E-state index contributed by atoms with van der Waals surface area (Å²) in [4.78, 5) is 28.7. The Balaban J connectivity index is 2.03. The molecule has 1 fully saturated rings. The zero-order chi connectivity index (χ0) is 16.6. The van der Waals surface area contributed by atoms with Crippen LogP contribution in [0.4, 0.5) is 5.95 Å². The highest BCUT2D eigenvalue weighted by molar-refractivity contribution is 5.71. The van der Waals surface area contributed by atoms with E-state index in [1.807, 2.05) is 0 Å². The first kappa shape index (κ1) is 15.6. The summed E-state index contributed by atoms with van der Waals surface area (Å²) in [5.41, 5.74) is -0.0230. The third-order valence-corrected chi connectivity index (χ3v) is 3.47. The van der Waals surface area contributed by atoms with Gasteiger partial charge in [-0.2, -0.15) is 4.98 Å². The predicted molar refractivity (Wildman–Crippen MR) is 81.6 cm³/mol. The average molecular weight is 322 g/mol. The summed E-state index contributed by atoms with van der Waals surface area (Å²) in [7, 11) is 3.59. The van der Waals surface area contributed by atoms with Gasteiger partial charge in [-0.15, -0.1) is 0 Å². The molecule has 124 valence electrons. The van der Waals surface area contributed by atoms with Crippen molar-refractivity contribution in [3.8, 4) is 0 Å². The van der Waals surface area contributed by atoms with Crippen LogP contribution in [0.1, 0.15) is 12.6 Å². The Kier molecular flexibility index (Phi) is 4.11. The predicted octanol–water partition coefficient (Wildman–Crippen LogP) is -1.02. The number of rotatable bonds is 4. The van der Waals surface area contributed by atoms with Gasteiger partial charge in [0.1, 0.15) is 6.10 Å². The highest BCUT2D eigenvalue weighted by Crippen LogP contribution is 2.30. The molecule has 0 saturated carbocycles. The van der Waals surface area contributed by atoms with Crippen molar-refractivity contribution >= 4 is 23.5 Å². The first-order valence-electron chi connectivity index (χ1n) is 7.11. The van der Waals surface area contributed by atoms with Gasteiger partial charge >= 0.3 is 0 Å². The van der Waals surface area contributed by atoms with Crippen molar-refractivity contribution in [2.75, 3.05) is 20.7 Å². The fraction of sp³-hybridized carbons (Fsp3) is 0.538. The normalized spacial score (nSPS) is 24.8. The van der Waals surface area contributed by atoms with Gasteiger partial charge < -0.3 is 19.8 Å². The topological polar surface area (TPSA) is 129 Å². The van der Waals surface area contributed by atoms with Gasteiger partial charge in [-0.25, -0.2) is 9.98 Å². The molecule has 0 bridgehead atoms. The number of hydrogen-bond donors (Lipinski definition) is 3. The van der Waals surface area contributed by atoms with Crippen LogP contribution in [0.15, 0.2) is 16.1 Å². The van der Waals surface area contributed by atoms with E-state index in [0.29, 0.717) is 6.42 Å². The third-order valence-electron chi connectivity index (χ3n) is 3.47. The van der Waals surface area contributed by atoms with Crippen LogP contribution in [0.2, 0.25) is 0 Å². The minimum atomic E-state index is -0.820. The Labute approximate surface area is 131 Å². The molecule has 2 aromatic heterocycles. The van der Waals surface area contributed by atoms with E-state index < -0.39 is 24.0 Å². The Bertz CT molecular complexity index is 782. The summed E-state index contributed by atoms with van der Waals surface area (Å²) >= 11 is 0. The highest BCUT2D eigenvalue weighted by Gasteiger charge is 2.36. The summed E-state index contributed by atoms with van der Waals surface area (Å²) in [6, 6.07) is 0. The number of aliphatic imine (C=N–C) groups is 1. The number of ether oxygens (including phenoxy) is 1. The molecule has 0 radical (unpaired) electrons. The van der Waals surface area contributed by atoms with Crippen molar-refractivity contribution in [2.45, 2.75) is 24.9 Å². The van der Waals surface area contributed by atoms with E-state index in [9.17, 15) is 9.90 Å². The molecule has 2 aromatic rings. The maximum atomic E-state index is 12.1. The minimum absolute atomic E-state index is 0.129. The van der Waals surface area contributed by atoms with Gasteiger partial charge in [0.15, 0.2) is 17.4 Å². The first-order chi connectivity index (χ1) is 11.0. The van der Waals surface area contributed by atoms with Crippen LogP contribution < -0.4 is 5.56 Å². The number of hydrogen-bond acceptors (Lipinski definition) is 7. The lowest BCUT2D eigenvalue weighted by molar-refractivity contribution is -0.0486. The number of aliphatic hydroxyl groups excluding tert-OH is 2. The zero-order valence-electron chi connectivity index (χ0n) is 12.7. The Hall–Kier alpha value is -2.30. The number of H-pyrrole nitrogens is 1. The summed E-state index contributed by atoms with van der Waals surface area (Å²) in [6.07, 6.45) is 1.17. The Morgan fingerprint density at radius 3 is 3.04 bits per heavy atom. The molecule has 1 saturated heterocycles. The first-order valence-corrected chi connectivity index (χ1v) is 7.11. The molecule has 10 nitrogen and oxygen atoms in total. The van der Waals surface area contributed by atoms with Crippen molar-refractivity contribution in [1.29, 1.82) is 0 Å². The highest BCUT2D eigenvalue weighted by atomic mass is 16.5. The van der Waals surface area contributed by atoms with Crippen molar-refractivity contribution in [2.24, 2.45) is 4.99 Å². The number of aromatic nitrogens is 4. The second-order valence-corrected chi connectivity index (χ2v) is 5.56. The third kappa shape index (κ3) is 2.96. The Morgan fingerprint density at radius 1 is 1.61 bits per heavy atom. The van der Waals surface area contributed by atoms with Gasteiger partial charge in [0.25, 0.3) is 5.56 Å². The zero-order valence-corrected chi connectivity index (χ0v) is 12.7. The monoisotopic (exact) mass is 322 g/mol. The lowest BCUT2D eigenvalue weighted by atomic mass is 10.2. The number of nitrogens with zero attached hydrogens (tertiary/aromatic N) is 5. The van der Waals surface area contributed by atoms with Gasteiger partial charge in [-0.05, 0) is 0 Å². The summed E-state index contributed by atoms with van der Waals surface area (Å²) < 4.78 is 7.06. The van der Waals surface area contributed by atoms with Crippen LogP contribution in [0.25, 0.3) is 11.2 Å². The maximum absolute atomic E-state index is 12.1. The average Bonchev–Trinajstić information content (AvgIpc) is 3.08. The molecule has 23 heavy (non-hydrogen) atoms. The van der Waals surface area contributed by atoms with Gasteiger partial charge in [0.05, 0.1) is 25.4 Å². The molecular formula is C13H18N6O4. The molecule has 1 aliphatic rings. The smallest absolute Gasteiger partial charge is 0.280 e. The number of aromatic amines is 1. The van der Waals surface area contributed by atoms with Crippen LogP contribution >= 0.6 is 0 Å². The van der Waals surface area contributed by atoms with Crippen molar-refractivity contribution in [3.05, 3.63) is 16.7 Å². The fourth-order valence-corrected chi connectivity index (χ4v) is 2.43. The molecule has 10 heteroatoms. The molecule has 3 heterocycles.